The molecule has 1 aromatic carbocycles. The van der Waals surface area contributed by atoms with Crippen LogP contribution in [-0.4, -0.2) is 54.4 Å². The summed E-state index contributed by atoms with van der Waals surface area (Å²) in [5, 5.41) is 12.2. The summed E-state index contributed by atoms with van der Waals surface area (Å²) in [4.78, 5) is 6.58. The van der Waals surface area contributed by atoms with Gasteiger partial charge in [0.2, 0.25) is 0 Å². The molecule has 0 spiro atoms. The van der Waals surface area contributed by atoms with Crippen LogP contribution in [0.5, 0.6) is 0 Å². The first-order valence-electron chi connectivity index (χ1n) is 9.61. The molecule has 2 aromatic rings. The quantitative estimate of drug-likeness (QED) is 0.324. The number of aryl methyl sites for hydroxylation is 2. The van der Waals surface area contributed by atoms with E-state index in [-0.39, 0.29) is 36.1 Å². The van der Waals surface area contributed by atoms with Crippen LogP contribution in [0.15, 0.2) is 29.3 Å². The maximum atomic E-state index is 6.03. The average Bonchev–Trinajstić information content (AvgIpc) is 2.88. The minimum atomic E-state index is 0. The van der Waals surface area contributed by atoms with E-state index in [1.807, 2.05) is 23.9 Å². The smallest absolute Gasteiger partial charge is 0.191 e. The lowest BCUT2D eigenvalue weighted by Crippen LogP contribution is -2.45. The molecule has 6 nitrogen and oxygen atoms in total. The molecule has 0 aliphatic carbocycles. The standard InChI is InChI=1S/C21H33ClN6.HI/c1-14(12-19-15(2)26-28(7)16(19)3)25-21(23-4)24-13-20(27(5)6)17-8-10-18(22)11-9-17;/h8-11,14,20H,12-13H2,1-7H3,(H2,23,24,25);1H. The molecule has 0 radical (unpaired) electrons. The third-order valence-corrected chi connectivity index (χ3v) is 5.37. The highest BCUT2D eigenvalue weighted by Crippen LogP contribution is 2.20. The Labute approximate surface area is 197 Å². The summed E-state index contributed by atoms with van der Waals surface area (Å²) in [6.45, 7) is 7.09. The van der Waals surface area contributed by atoms with Crippen LogP contribution >= 0.6 is 35.6 Å². The van der Waals surface area contributed by atoms with Gasteiger partial charge in [0.25, 0.3) is 0 Å². The molecular formula is C21H34ClIN6. The van der Waals surface area contributed by atoms with Crippen molar-refractivity contribution in [2.24, 2.45) is 12.0 Å². The van der Waals surface area contributed by atoms with Crippen molar-refractivity contribution in [1.82, 2.24) is 25.3 Å². The molecule has 0 aliphatic heterocycles. The van der Waals surface area contributed by atoms with Crippen LogP contribution in [0, 0.1) is 13.8 Å². The van der Waals surface area contributed by atoms with Crippen LogP contribution in [0.4, 0.5) is 0 Å². The number of nitrogens with one attached hydrogen (secondary N) is 2. The number of guanidine groups is 1. The molecule has 2 atom stereocenters. The molecule has 162 valence electrons. The van der Waals surface area contributed by atoms with Crippen LogP contribution in [0.25, 0.3) is 0 Å². The number of hydrogen-bond donors (Lipinski definition) is 2. The van der Waals surface area contributed by atoms with Crippen LogP contribution in [0.1, 0.15) is 35.5 Å². The van der Waals surface area contributed by atoms with E-state index in [9.17, 15) is 0 Å². The summed E-state index contributed by atoms with van der Waals surface area (Å²) in [5.41, 5.74) is 4.81. The second-order valence-electron chi connectivity index (χ2n) is 7.51. The number of aromatic nitrogens is 2. The zero-order valence-corrected chi connectivity index (χ0v) is 21.5. The number of rotatable bonds is 7. The van der Waals surface area contributed by atoms with Gasteiger partial charge in [0.1, 0.15) is 0 Å². The Morgan fingerprint density at radius 2 is 1.86 bits per heavy atom. The first kappa shape index (κ1) is 25.7. The Morgan fingerprint density at radius 1 is 1.24 bits per heavy atom. The Morgan fingerprint density at radius 3 is 2.34 bits per heavy atom. The van der Waals surface area contributed by atoms with E-state index >= 15 is 0 Å². The minimum Gasteiger partial charge on any atom is -0.354 e. The topological polar surface area (TPSA) is 57.5 Å². The average molecular weight is 533 g/mol. The van der Waals surface area contributed by atoms with E-state index in [0.717, 1.165) is 29.6 Å². The summed E-state index contributed by atoms with van der Waals surface area (Å²) in [6.07, 6.45) is 0.903. The number of likely N-dealkylation sites (N-methyl/N-ethyl adjacent to an activating group) is 1. The van der Waals surface area contributed by atoms with Gasteiger partial charge >= 0.3 is 0 Å². The van der Waals surface area contributed by atoms with E-state index in [0.29, 0.717) is 0 Å². The van der Waals surface area contributed by atoms with Gasteiger partial charge in [-0.2, -0.15) is 5.10 Å². The van der Waals surface area contributed by atoms with Crippen LogP contribution in [0.3, 0.4) is 0 Å². The van der Waals surface area contributed by atoms with Crippen molar-refractivity contribution in [2.45, 2.75) is 39.3 Å². The summed E-state index contributed by atoms with van der Waals surface area (Å²) in [7, 11) is 7.94. The number of nitrogens with zero attached hydrogens (tertiary/aromatic N) is 4. The zero-order valence-electron chi connectivity index (χ0n) is 18.5. The molecule has 0 fully saturated rings. The summed E-state index contributed by atoms with van der Waals surface area (Å²) in [6, 6.07) is 8.46. The molecule has 29 heavy (non-hydrogen) atoms. The largest absolute Gasteiger partial charge is 0.354 e. The van der Waals surface area contributed by atoms with Crippen LogP contribution in [-0.2, 0) is 13.5 Å². The lowest BCUT2D eigenvalue weighted by molar-refractivity contribution is 0.298. The second-order valence-corrected chi connectivity index (χ2v) is 7.94. The Kier molecular flexibility index (Phi) is 10.4. The molecule has 2 rings (SSSR count). The zero-order chi connectivity index (χ0) is 20.8. The molecule has 0 aliphatic rings. The lowest BCUT2D eigenvalue weighted by atomic mass is 10.1. The highest BCUT2D eigenvalue weighted by atomic mass is 127. The predicted octanol–water partition coefficient (Wildman–Crippen LogP) is 3.71. The van der Waals surface area contributed by atoms with Crippen molar-refractivity contribution >= 4 is 41.5 Å². The van der Waals surface area contributed by atoms with Crippen molar-refractivity contribution < 1.29 is 0 Å². The fourth-order valence-corrected chi connectivity index (χ4v) is 3.50. The second kappa shape index (κ2) is 11.8. The third-order valence-electron chi connectivity index (χ3n) is 5.12. The maximum Gasteiger partial charge on any atom is 0.191 e. The van der Waals surface area contributed by atoms with Crippen molar-refractivity contribution in [3.8, 4) is 0 Å². The SMILES string of the molecule is CN=C(NCC(c1ccc(Cl)cc1)N(C)C)NC(C)Cc1c(C)nn(C)c1C.I. The number of halogens is 2. The van der Waals surface area contributed by atoms with Crippen molar-refractivity contribution in [2.75, 3.05) is 27.7 Å². The number of benzene rings is 1. The molecule has 2 N–H and O–H groups in total. The Hall–Kier alpha value is -1.32. The first-order chi connectivity index (χ1) is 13.2. The van der Waals surface area contributed by atoms with E-state index < -0.39 is 0 Å². The third kappa shape index (κ3) is 7.15. The predicted molar refractivity (Wildman–Crippen MR) is 134 cm³/mol. The molecule has 0 amide bonds. The van der Waals surface area contributed by atoms with Gasteiger partial charge in [-0.25, -0.2) is 0 Å². The molecule has 0 saturated heterocycles. The van der Waals surface area contributed by atoms with Crippen molar-refractivity contribution in [3.63, 3.8) is 0 Å². The van der Waals surface area contributed by atoms with Gasteiger partial charge < -0.3 is 15.5 Å². The summed E-state index contributed by atoms with van der Waals surface area (Å²) in [5.74, 6) is 0.799. The number of hydrogen-bond acceptors (Lipinski definition) is 3. The fourth-order valence-electron chi connectivity index (χ4n) is 3.37. The molecule has 8 heteroatoms. The summed E-state index contributed by atoms with van der Waals surface area (Å²) >= 11 is 6.03. The van der Waals surface area contributed by atoms with Gasteiger partial charge in [0.05, 0.1) is 11.7 Å². The Balaban J connectivity index is 0.00000420. The summed E-state index contributed by atoms with van der Waals surface area (Å²) < 4.78 is 1.94. The maximum absolute atomic E-state index is 6.03. The van der Waals surface area contributed by atoms with E-state index in [4.69, 9.17) is 11.6 Å². The molecule has 1 aromatic heterocycles. The van der Waals surface area contributed by atoms with Crippen LogP contribution in [0.2, 0.25) is 5.02 Å². The van der Waals surface area contributed by atoms with E-state index in [2.05, 4.69) is 72.6 Å². The lowest BCUT2D eigenvalue weighted by Gasteiger charge is -2.27. The Bertz CT molecular complexity index is 800. The molecule has 2 unspecified atom stereocenters. The van der Waals surface area contributed by atoms with Crippen molar-refractivity contribution in [1.29, 1.82) is 0 Å². The van der Waals surface area contributed by atoms with Gasteiger partial charge in [0.15, 0.2) is 5.96 Å². The first-order valence-corrected chi connectivity index (χ1v) is 9.98. The van der Waals surface area contributed by atoms with Crippen molar-refractivity contribution in [3.05, 3.63) is 51.8 Å². The normalized spacial score (nSPS) is 13.8. The van der Waals surface area contributed by atoms with E-state index in [1.54, 1.807) is 7.05 Å². The van der Waals surface area contributed by atoms with Gasteiger partial charge in [0, 0.05) is 37.4 Å². The highest BCUT2D eigenvalue weighted by molar-refractivity contribution is 14.0. The highest BCUT2D eigenvalue weighted by Gasteiger charge is 2.17. The van der Waals surface area contributed by atoms with Gasteiger partial charge in [-0.05, 0) is 64.5 Å². The molecule has 1 heterocycles. The molecule has 0 bridgehead atoms. The molecule has 0 saturated carbocycles. The monoisotopic (exact) mass is 532 g/mol. The van der Waals surface area contributed by atoms with Gasteiger partial charge in [-0.3, -0.25) is 9.67 Å². The van der Waals surface area contributed by atoms with Gasteiger partial charge in [-0.1, -0.05) is 23.7 Å². The van der Waals surface area contributed by atoms with Crippen LogP contribution < -0.4 is 10.6 Å². The fraction of sp³-hybridized carbons (Fsp3) is 0.524. The van der Waals surface area contributed by atoms with E-state index in [1.165, 1.54) is 16.8 Å². The molecular weight excluding hydrogens is 499 g/mol. The number of aliphatic imine (C=N–C) groups is 1. The van der Waals surface area contributed by atoms with Gasteiger partial charge in [-0.15, -0.1) is 24.0 Å². The minimum absolute atomic E-state index is 0.